The van der Waals surface area contributed by atoms with Crippen molar-refractivity contribution in [2.24, 2.45) is 11.7 Å². The fourth-order valence-electron chi connectivity index (χ4n) is 2.83. The molecule has 1 saturated heterocycles. The van der Waals surface area contributed by atoms with Crippen molar-refractivity contribution < 1.29 is 4.92 Å². The predicted molar refractivity (Wildman–Crippen MR) is 76.4 cm³/mol. The van der Waals surface area contributed by atoms with Crippen LogP contribution in [0.2, 0.25) is 0 Å². The Morgan fingerprint density at radius 3 is 2.68 bits per heavy atom. The Bertz CT molecular complexity index is 454. The first-order valence-corrected chi connectivity index (χ1v) is 6.82. The minimum Gasteiger partial charge on any atom is -0.366 e. The minimum atomic E-state index is -0.267. The van der Waals surface area contributed by atoms with Crippen LogP contribution in [0.25, 0.3) is 0 Å². The third-order valence-corrected chi connectivity index (χ3v) is 3.93. The molecule has 0 aliphatic carbocycles. The third kappa shape index (κ3) is 3.04. The predicted octanol–water partition coefficient (Wildman–Crippen LogP) is 2.47. The van der Waals surface area contributed by atoms with Crippen molar-refractivity contribution in [3.05, 3.63) is 33.9 Å². The van der Waals surface area contributed by atoms with Gasteiger partial charge in [-0.15, -0.1) is 0 Å². The molecule has 1 fully saturated rings. The fourth-order valence-corrected chi connectivity index (χ4v) is 2.83. The standard InChI is InChI=1S/C14H21N3O2/c1-11-3-2-4-13(14(11)17(18)19)16-9-6-12(5-8-15)7-10-16/h2-4,12H,5-10,15H2,1H3. The van der Waals surface area contributed by atoms with Gasteiger partial charge in [0.15, 0.2) is 0 Å². The maximum atomic E-state index is 11.2. The second kappa shape index (κ2) is 6.02. The molecule has 1 aromatic rings. The summed E-state index contributed by atoms with van der Waals surface area (Å²) in [5, 5.41) is 11.2. The summed E-state index contributed by atoms with van der Waals surface area (Å²) in [5.41, 5.74) is 7.32. The molecular weight excluding hydrogens is 242 g/mol. The summed E-state index contributed by atoms with van der Waals surface area (Å²) in [4.78, 5) is 13.1. The van der Waals surface area contributed by atoms with Crippen molar-refractivity contribution in [1.82, 2.24) is 0 Å². The lowest BCUT2D eigenvalue weighted by molar-refractivity contribution is -0.384. The van der Waals surface area contributed by atoms with E-state index in [0.717, 1.165) is 50.1 Å². The van der Waals surface area contributed by atoms with Crippen LogP contribution in [0.3, 0.4) is 0 Å². The normalized spacial score (nSPS) is 16.6. The van der Waals surface area contributed by atoms with E-state index in [-0.39, 0.29) is 10.6 Å². The van der Waals surface area contributed by atoms with Gasteiger partial charge in [0.05, 0.1) is 4.92 Å². The number of piperidine rings is 1. The highest BCUT2D eigenvalue weighted by Crippen LogP contribution is 2.34. The van der Waals surface area contributed by atoms with Gasteiger partial charge in [-0.25, -0.2) is 0 Å². The second-order valence-electron chi connectivity index (χ2n) is 5.21. The van der Waals surface area contributed by atoms with Gasteiger partial charge in [-0.1, -0.05) is 12.1 Å². The molecule has 2 rings (SSSR count). The number of benzene rings is 1. The molecule has 5 heteroatoms. The van der Waals surface area contributed by atoms with Gasteiger partial charge in [-0.05, 0) is 44.7 Å². The number of nitrogens with two attached hydrogens (primary N) is 1. The van der Waals surface area contributed by atoms with Crippen molar-refractivity contribution in [2.75, 3.05) is 24.5 Å². The van der Waals surface area contributed by atoms with E-state index in [9.17, 15) is 10.1 Å². The van der Waals surface area contributed by atoms with Crippen LogP contribution in [0, 0.1) is 23.0 Å². The zero-order chi connectivity index (χ0) is 13.8. The second-order valence-corrected chi connectivity index (χ2v) is 5.21. The van der Waals surface area contributed by atoms with Gasteiger partial charge in [-0.3, -0.25) is 10.1 Å². The SMILES string of the molecule is Cc1cccc(N2CCC(CCN)CC2)c1[N+](=O)[O-]. The molecule has 1 aliphatic rings. The lowest BCUT2D eigenvalue weighted by atomic mass is 9.93. The smallest absolute Gasteiger partial charge is 0.295 e. The first-order chi connectivity index (χ1) is 9.13. The van der Waals surface area contributed by atoms with Crippen LogP contribution >= 0.6 is 0 Å². The average Bonchev–Trinajstić information content (AvgIpc) is 2.39. The molecule has 0 unspecified atom stereocenters. The van der Waals surface area contributed by atoms with Gasteiger partial charge in [0.2, 0.25) is 0 Å². The largest absolute Gasteiger partial charge is 0.366 e. The lowest BCUT2D eigenvalue weighted by Crippen LogP contribution is -2.34. The summed E-state index contributed by atoms with van der Waals surface area (Å²) < 4.78 is 0. The van der Waals surface area contributed by atoms with Crippen molar-refractivity contribution in [3.8, 4) is 0 Å². The molecule has 19 heavy (non-hydrogen) atoms. The monoisotopic (exact) mass is 263 g/mol. The molecule has 0 amide bonds. The van der Waals surface area contributed by atoms with Gasteiger partial charge < -0.3 is 10.6 Å². The Labute approximate surface area is 113 Å². The van der Waals surface area contributed by atoms with Crippen LogP contribution < -0.4 is 10.6 Å². The van der Waals surface area contributed by atoms with E-state index in [1.165, 1.54) is 0 Å². The summed E-state index contributed by atoms with van der Waals surface area (Å²) in [6.45, 7) is 4.29. The Hall–Kier alpha value is -1.62. The minimum absolute atomic E-state index is 0.250. The van der Waals surface area contributed by atoms with Crippen LogP contribution in [0.15, 0.2) is 18.2 Å². The molecule has 0 atom stereocenters. The molecule has 0 spiro atoms. The molecule has 0 aromatic heterocycles. The summed E-state index contributed by atoms with van der Waals surface area (Å²) in [6, 6.07) is 5.54. The molecule has 1 aliphatic heterocycles. The van der Waals surface area contributed by atoms with Gasteiger partial charge in [-0.2, -0.15) is 0 Å². The van der Waals surface area contributed by atoms with Crippen LogP contribution in [-0.4, -0.2) is 24.6 Å². The molecule has 0 radical (unpaired) electrons. The maximum absolute atomic E-state index is 11.2. The lowest BCUT2D eigenvalue weighted by Gasteiger charge is -2.33. The molecule has 104 valence electrons. The van der Waals surface area contributed by atoms with Gasteiger partial charge in [0.25, 0.3) is 5.69 Å². The Morgan fingerprint density at radius 2 is 2.11 bits per heavy atom. The highest BCUT2D eigenvalue weighted by molar-refractivity contribution is 5.66. The summed E-state index contributed by atoms with van der Waals surface area (Å²) >= 11 is 0. The molecule has 0 bridgehead atoms. The van der Waals surface area contributed by atoms with Crippen molar-refractivity contribution in [3.63, 3.8) is 0 Å². The number of aryl methyl sites for hydroxylation is 1. The summed E-state index contributed by atoms with van der Waals surface area (Å²) in [5.74, 6) is 0.671. The van der Waals surface area contributed by atoms with Crippen molar-refractivity contribution >= 4 is 11.4 Å². The Morgan fingerprint density at radius 1 is 1.42 bits per heavy atom. The Kier molecular flexibility index (Phi) is 4.37. The number of hydrogen-bond donors (Lipinski definition) is 1. The van der Waals surface area contributed by atoms with E-state index in [2.05, 4.69) is 4.90 Å². The number of hydrogen-bond acceptors (Lipinski definition) is 4. The molecule has 0 saturated carbocycles. The molecule has 1 aromatic carbocycles. The van der Waals surface area contributed by atoms with E-state index in [4.69, 9.17) is 5.73 Å². The van der Waals surface area contributed by atoms with Gasteiger partial charge in [0.1, 0.15) is 5.69 Å². The zero-order valence-electron chi connectivity index (χ0n) is 11.3. The number of para-hydroxylation sites is 1. The van der Waals surface area contributed by atoms with Crippen LogP contribution in [-0.2, 0) is 0 Å². The zero-order valence-corrected chi connectivity index (χ0v) is 11.3. The topological polar surface area (TPSA) is 72.4 Å². The number of anilines is 1. The summed E-state index contributed by atoms with van der Waals surface area (Å²) in [7, 11) is 0. The average molecular weight is 263 g/mol. The highest BCUT2D eigenvalue weighted by Gasteiger charge is 2.25. The van der Waals surface area contributed by atoms with Gasteiger partial charge in [0, 0.05) is 18.7 Å². The molecule has 1 heterocycles. The van der Waals surface area contributed by atoms with Crippen LogP contribution in [0.1, 0.15) is 24.8 Å². The van der Waals surface area contributed by atoms with E-state index in [0.29, 0.717) is 5.92 Å². The number of nitrogens with zero attached hydrogens (tertiary/aromatic N) is 2. The maximum Gasteiger partial charge on any atom is 0.295 e. The first kappa shape index (κ1) is 13.8. The fraction of sp³-hybridized carbons (Fsp3) is 0.571. The number of nitro groups is 1. The van der Waals surface area contributed by atoms with Crippen LogP contribution in [0.4, 0.5) is 11.4 Å². The van der Waals surface area contributed by atoms with Crippen LogP contribution in [0.5, 0.6) is 0 Å². The number of nitro benzene ring substituents is 1. The van der Waals surface area contributed by atoms with Crippen molar-refractivity contribution in [2.45, 2.75) is 26.2 Å². The van der Waals surface area contributed by atoms with E-state index < -0.39 is 0 Å². The van der Waals surface area contributed by atoms with E-state index >= 15 is 0 Å². The quantitative estimate of drug-likeness (QED) is 0.669. The number of rotatable bonds is 4. The van der Waals surface area contributed by atoms with Crippen molar-refractivity contribution in [1.29, 1.82) is 0 Å². The molecule has 2 N–H and O–H groups in total. The van der Waals surface area contributed by atoms with E-state index in [1.54, 1.807) is 13.0 Å². The molecular formula is C14H21N3O2. The summed E-state index contributed by atoms with van der Waals surface area (Å²) in [6.07, 6.45) is 3.20. The van der Waals surface area contributed by atoms with E-state index in [1.807, 2.05) is 12.1 Å². The highest BCUT2D eigenvalue weighted by atomic mass is 16.6. The van der Waals surface area contributed by atoms with Gasteiger partial charge >= 0.3 is 0 Å². The first-order valence-electron chi connectivity index (χ1n) is 6.82. The third-order valence-electron chi connectivity index (χ3n) is 3.93. The Balaban J connectivity index is 2.15. The molecule has 5 nitrogen and oxygen atoms in total.